The van der Waals surface area contributed by atoms with Crippen molar-refractivity contribution in [2.24, 2.45) is 23.7 Å². The number of amides is 2. The van der Waals surface area contributed by atoms with Crippen molar-refractivity contribution in [2.45, 2.75) is 151 Å². The van der Waals surface area contributed by atoms with Crippen molar-refractivity contribution in [3.8, 4) is 0 Å². The topological polar surface area (TPSA) is 132 Å². The molecule has 2 aromatic rings. The van der Waals surface area contributed by atoms with Crippen LogP contribution in [0.4, 0.5) is 9.59 Å². The number of likely N-dealkylation sites (tertiary alicyclic amines) is 1. The highest BCUT2D eigenvalue weighted by atomic mass is 16.6. The summed E-state index contributed by atoms with van der Waals surface area (Å²) in [6, 6.07) is 16.5. The molecule has 1 heterocycles. The molecule has 1 aliphatic heterocycles. The number of ether oxygens (including phenoxy) is 4. The minimum absolute atomic E-state index is 0.0479. The maximum atomic E-state index is 13.6. The van der Waals surface area contributed by atoms with Crippen LogP contribution in [0, 0.1) is 23.7 Å². The third-order valence-corrected chi connectivity index (χ3v) is 9.37. The molecule has 2 aromatic carbocycles. The fourth-order valence-electron chi connectivity index (χ4n) is 6.83. The number of alkyl carbamates (subject to hydrolysis) is 1. The Balaban J connectivity index is 1.66. The van der Waals surface area contributed by atoms with E-state index in [2.05, 4.69) is 34.9 Å². The maximum Gasteiger partial charge on any atom is 0.410 e. The van der Waals surface area contributed by atoms with Gasteiger partial charge in [0.15, 0.2) is 0 Å². The number of hydrogen-bond donors (Lipinski definition) is 2. The van der Waals surface area contributed by atoms with Gasteiger partial charge in [-0.3, -0.25) is 9.59 Å². The number of carbonyl (C=O) groups excluding carboxylic acids is 4. The standard InChI is InChI=1S/C46H71N3O8/c1-31(20-22-48-41(52)56-45(8,9)10)37(39(50)54-43(2,3)4)26-32-16-14-18-34(24-32)28-47-29-35-19-15-17-33(25-35)27-38(40(51)55-44(5,6)7)36-21-23-49(30-36)42(53)57-46(11,12)13/h14-19,24-25,31,36-38,47H,20-23,26-30H2,1-13H3,(H,48,52)/t31-,36+,37+,38+/m1/s1. The Bertz CT molecular complexity index is 1650. The molecule has 11 heteroatoms. The first-order valence-electron chi connectivity index (χ1n) is 20.5. The van der Waals surface area contributed by atoms with E-state index in [0.717, 1.165) is 22.3 Å². The van der Waals surface area contributed by atoms with Crippen LogP contribution in [0.1, 0.15) is 125 Å². The third-order valence-electron chi connectivity index (χ3n) is 9.37. The van der Waals surface area contributed by atoms with E-state index in [1.54, 1.807) is 4.90 Å². The summed E-state index contributed by atoms with van der Waals surface area (Å²) in [6.07, 6.45) is 1.48. The molecule has 3 rings (SSSR count). The Morgan fingerprint density at radius 2 is 1.18 bits per heavy atom. The average molecular weight is 794 g/mol. The number of carbonyl (C=O) groups is 4. The molecule has 0 spiro atoms. The molecule has 2 amide bonds. The van der Waals surface area contributed by atoms with E-state index >= 15 is 0 Å². The Hall–Kier alpha value is -4.12. The van der Waals surface area contributed by atoms with Gasteiger partial charge in [-0.1, -0.05) is 55.5 Å². The highest BCUT2D eigenvalue weighted by molar-refractivity contribution is 5.75. The van der Waals surface area contributed by atoms with Crippen LogP contribution in [0.25, 0.3) is 0 Å². The van der Waals surface area contributed by atoms with Gasteiger partial charge >= 0.3 is 24.1 Å². The van der Waals surface area contributed by atoms with Crippen molar-refractivity contribution in [1.82, 2.24) is 15.5 Å². The van der Waals surface area contributed by atoms with E-state index in [-0.39, 0.29) is 29.9 Å². The van der Waals surface area contributed by atoms with E-state index in [1.807, 2.05) is 114 Å². The summed E-state index contributed by atoms with van der Waals surface area (Å²) in [7, 11) is 0. The molecule has 0 unspecified atom stereocenters. The fourth-order valence-corrected chi connectivity index (χ4v) is 6.83. The molecule has 0 saturated carbocycles. The zero-order valence-corrected chi connectivity index (χ0v) is 37.0. The molecule has 0 aromatic heterocycles. The van der Waals surface area contributed by atoms with Crippen LogP contribution in [0.15, 0.2) is 48.5 Å². The van der Waals surface area contributed by atoms with Crippen molar-refractivity contribution < 1.29 is 38.1 Å². The summed E-state index contributed by atoms with van der Waals surface area (Å²) in [6.45, 7) is 26.9. The first-order valence-corrected chi connectivity index (χ1v) is 20.5. The number of rotatable bonds is 15. The Kier molecular flexibility index (Phi) is 16.6. The minimum atomic E-state index is -0.628. The molecule has 57 heavy (non-hydrogen) atoms. The van der Waals surface area contributed by atoms with Crippen molar-refractivity contribution >= 4 is 24.1 Å². The summed E-state index contributed by atoms with van der Waals surface area (Å²) < 4.78 is 22.7. The molecule has 0 aliphatic carbocycles. The Morgan fingerprint density at radius 1 is 0.684 bits per heavy atom. The number of benzene rings is 2. The highest BCUT2D eigenvalue weighted by Crippen LogP contribution is 2.31. The van der Waals surface area contributed by atoms with Gasteiger partial charge in [0, 0.05) is 32.7 Å². The lowest BCUT2D eigenvalue weighted by Crippen LogP contribution is -2.38. The first kappa shape index (κ1) is 47.3. The smallest absolute Gasteiger partial charge is 0.410 e. The average Bonchev–Trinajstić information content (AvgIpc) is 3.54. The van der Waals surface area contributed by atoms with Crippen LogP contribution in [0.5, 0.6) is 0 Å². The zero-order valence-electron chi connectivity index (χ0n) is 37.0. The molecular formula is C46H71N3O8. The maximum absolute atomic E-state index is 13.6. The molecule has 1 aliphatic rings. The van der Waals surface area contributed by atoms with Crippen LogP contribution in [0.3, 0.4) is 0 Å². The van der Waals surface area contributed by atoms with Gasteiger partial charge in [-0.25, -0.2) is 9.59 Å². The lowest BCUT2D eigenvalue weighted by molar-refractivity contribution is -0.163. The quantitative estimate of drug-likeness (QED) is 0.134. The van der Waals surface area contributed by atoms with Crippen molar-refractivity contribution in [1.29, 1.82) is 0 Å². The first-order chi connectivity index (χ1) is 26.3. The lowest BCUT2D eigenvalue weighted by Gasteiger charge is -2.28. The van der Waals surface area contributed by atoms with E-state index in [9.17, 15) is 19.2 Å². The van der Waals surface area contributed by atoms with Gasteiger partial charge < -0.3 is 34.5 Å². The van der Waals surface area contributed by atoms with Gasteiger partial charge in [0.25, 0.3) is 0 Å². The lowest BCUT2D eigenvalue weighted by atomic mass is 9.85. The van der Waals surface area contributed by atoms with E-state index in [1.165, 1.54) is 0 Å². The summed E-state index contributed by atoms with van der Waals surface area (Å²) >= 11 is 0. The van der Waals surface area contributed by atoms with Crippen LogP contribution in [0.2, 0.25) is 0 Å². The zero-order chi connectivity index (χ0) is 42.8. The van der Waals surface area contributed by atoms with Crippen LogP contribution >= 0.6 is 0 Å². The highest BCUT2D eigenvalue weighted by Gasteiger charge is 2.39. The molecule has 1 fully saturated rings. The van der Waals surface area contributed by atoms with Crippen molar-refractivity contribution in [2.75, 3.05) is 19.6 Å². The fraction of sp³-hybridized carbons (Fsp3) is 0.652. The van der Waals surface area contributed by atoms with Gasteiger partial charge in [0.2, 0.25) is 0 Å². The van der Waals surface area contributed by atoms with Gasteiger partial charge in [0.1, 0.15) is 22.4 Å². The number of nitrogens with zero attached hydrogens (tertiary/aromatic N) is 1. The Morgan fingerprint density at radius 3 is 1.70 bits per heavy atom. The second-order valence-electron chi connectivity index (χ2n) is 19.6. The number of nitrogens with one attached hydrogen (secondary N) is 2. The molecule has 318 valence electrons. The third kappa shape index (κ3) is 17.9. The monoisotopic (exact) mass is 794 g/mol. The van der Waals surface area contributed by atoms with Crippen LogP contribution < -0.4 is 10.6 Å². The number of esters is 2. The predicted octanol–water partition coefficient (Wildman–Crippen LogP) is 8.79. The van der Waals surface area contributed by atoms with E-state index in [4.69, 9.17) is 18.9 Å². The summed E-state index contributed by atoms with van der Waals surface area (Å²) in [5, 5.41) is 6.37. The van der Waals surface area contributed by atoms with Gasteiger partial charge in [0.05, 0.1) is 11.8 Å². The molecule has 4 atom stereocenters. The second kappa shape index (κ2) is 20.0. The summed E-state index contributed by atoms with van der Waals surface area (Å²) in [5.41, 5.74) is 1.82. The largest absolute Gasteiger partial charge is 0.460 e. The van der Waals surface area contributed by atoms with Crippen molar-refractivity contribution in [3.05, 3.63) is 70.8 Å². The molecule has 0 bridgehead atoms. The Labute approximate surface area is 342 Å². The second-order valence-corrected chi connectivity index (χ2v) is 19.6. The van der Waals surface area contributed by atoms with E-state index in [0.29, 0.717) is 58.4 Å². The summed E-state index contributed by atoms with van der Waals surface area (Å²) in [5.74, 6) is -1.41. The minimum Gasteiger partial charge on any atom is -0.460 e. The predicted molar refractivity (Wildman–Crippen MR) is 223 cm³/mol. The molecule has 11 nitrogen and oxygen atoms in total. The molecular weight excluding hydrogens is 723 g/mol. The SMILES string of the molecule is C[C@H](CCNC(=O)OC(C)(C)C)[C@H](Cc1cccc(CNCc2cccc(C[C@H](C(=O)OC(C)(C)C)[C@H]3CCN(C(=O)OC(C)(C)C)C3)c2)c1)C(=O)OC(C)(C)C. The molecule has 1 saturated heterocycles. The van der Waals surface area contributed by atoms with Gasteiger partial charge in [-0.05, 0) is 143 Å². The normalized spacial score (nSPS) is 16.6. The molecule has 0 radical (unpaired) electrons. The van der Waals surface area contributed by atoms with Crippen molar-refractivity contribution in [3.63, 3.8) is 0 Å². The van der Waals surface area contributed by atoms with Gasteiger partial charge in [-0.2, -0.15) is 0 Å². The molecule has 2 N–H and O–H groups in total. The number of hydrogen-bond acceptors (Lipinski definition) is 9. The van der Waals surface area contributed by atoms with E-state index < -0.39 is 40.3 Å². The van der Waals surface area contributed by atoms with Crippen LogP contribution in [-0.4, -0.2) is 71.1 Å². The van der Waals surface area contributed by atoms with Gasteiger partial charge in [-0.15, -0.1) is 0 Å². The van der Waals surface area contributed by atoms with Crippen LogP contribution in [-0.2, 0) is 54.5 Å². The summed E-state index contributed by atoms with van der Waals surface area (Å²) in [4.78, 5) is 53.8.